The van der Waals surface area contributed by atoms with Crippen LogP contribution in [0.1, 0.15) is 32.9 Å². The molecule has 4 aromatic carbocycles. The lowest BCUT2D eigenvalue weighted by atomic mass is 10.1. The summed E-state index contributed by atoms with van der Waals surface area (Å²) in [4.78, 5) is 29.5. The number of aryl methyl sites for hydroxylation is 1. The number of ether oxygens (including phenoxy) is 1. The van der Waals surface area contributed by atoms with Crippen LogP contribution in [-0.2, 0) is 6.61 Å². The van der Waals surface area contributed by atoms with E-state index in [0.717, 1.165) is 33.6 Å². The molecule has 0 aliphatic heterocycles. The standard InChI is InChI=1S/C37H28N4O5/c1-23-19-28(24(2)40(23)29-15-17-30(18-16-29)45-22-25-11-13-26(14-12-25)37(43)44)21-38-41-35(34-20-27-7-3-6-10-33(27)46-34)39-32-9-5-4-8-31(32)36(41)42/h3-21H,22H2,1-2H3,(H,43,44). The van der Waals surface area contributed by atoms with Gasteiger partial charge in [0.2, 0.25) is 5.82 Å². The number of aromatic nitrogens is 3. The molecule has 3 aromatic heterocycles. The van der Waals surface area contributed by atoms with Crippen LogP contribution in [0.3, 0.4) is 0 Å². The molecule has 0 atom stereocenters. The van der Waals surface area contributed by atoms with E-state index in [4.69, 9.17) is 19.2 Å². The molecule has 7 rings (SSSR count). The first-order valence-electron chi connectivity index (χ1n) is 14.7. The maximum Gasteiger partial charge on any atom is 0.335 e. The number of benzene rings is 4. The van der Waals surface area contributed by atoms with Gasteiger partial charge in [0.1, 0.15) is 17.9 Å². The third kappa shape index (κ3) is 5.35. The van der Waals surface area contributed by atoms with Gasteiger partial charge in [-0.1, -0.05) is 42.5 Å². The van der Waals surface area contributed by atoms with Gasteiger partial charge in [-0.25, -0.2) is 9.78 Å². The Labute approximate surface area is 263 Å². The van der Waals surface area contributed by atoms with Crippen molar-refractivity contribution < 1.29 is 19.1 Å². The number of fused-ring (bicyclic) bond motifs is 2. The van der Waals surface area contributed by atoms with Crippen LogP contribution in [0.25, 0.3) is 39.1 Å². The molecule has 3 heterocycles. The predicted octanol–water partition coefficient (Wildman–Crippen LogP) is 7.38. The van der Waals surface area contributed by atoms with E-state index >= 15 is 0 Å². The Morgan fingerprint density at radius 1 is 0.935 bits per heavy atom. The molecule has 0 bridgehead atoms. The highest BCUT2D eigenvalue weighted by Gasteiger charge is 2.17. The third-order valence-corrected chi connectivity index (χ3v) is 7.88. The van der Waals surface area contributed by atoms with Crippen molar-refractivity contribution in [3.8, 4) is 23.0 Å². The SMILES string of the molecule is Cc1cc(C=Nn2c(-c3cc4ccccc4o3)nc3ccccc3c2=O)c(C)n1-c1ccc(OCc2ccc(C(=O)O)cc2)cc1. The minimum Gasteiger partial charge on any atom is -0.489 e. The molecule has 0 unspecified atom stereocenters. The van der Waals surface area contributed by atoms with Gasteiger partial charge in [0, 0.05) is 28.0 Å². The lowest BCUT2D eigenvalue weighted by Crippen LogP contribution is -2.20. The maximum atomic E-state index is 13.7. The Balaban J connectivity index is 1.18. The summed E-state index contributed by atoms with van der Waals surface area (Å²) >= 11 is 0. The number of hydrogen-bond acceptors (Lipinski definition) is 6. The third-order valence-electron chi connectivity index (χ3n) is 7.88. The maximum absolute atomic E-state index is 13.7. The average Bonchev–Trinajstić information content (AvgIpc) is 3.63. The van der Waals surface area contributed by atoms with Crippen LogP contribution >= 0.6 is 0 Å². The highest BCUT2D eigenvalue weighted by molar-refractivity contribution is 5.87. The molecule has 46 heavy (non-hydrogen) atoms. The monoisotopic (exact) mass is 608 g/mol. The summed E-state index contributed by atoms with van der Waals surface area (Å²) in [6.45, 7) is 4.33. The van der Waals surface area contributed by atoms with E-state index < -0.39 is 5.97 Å². The van der Waals surface area contributed by atoms with E-state index in [-0.39, 0.29) is 11.1 Å². The molecule has 0 aliphatic carbocycles. The number of para-hydroxylation sites is 2. The minimum absolute atomic E-state index is 0.239. The Bertz CT molecular complexity index is 2290. The largest absolute Gasteiger partial charge is 0.489 e. The molecule has 0 fully saturated rings. The molecule has 0 amide bonds. The van der Waals surface area contributed by atoms with Crippen molar-refractivity contribution in [2.24, 2.45) is 5.10 Å². The van der Waals surface area contributed by atoms with Crippen molar-refractivity contribution in [2.45, 2.75) is 20.5 Å². The quantitative estimate of drug-likeness (QED) is 0.180. The van der Waals surface area contributed by atoms with Crippen molar-refractivity contribution in [1.82, 2.24) is 14.2 Å². The summed E-state index contributed by atoms with van der Waals surface area (Å²) in [5, 5.41) is 15.1. The smallest absolute Gasteiger partial charge is 0.335 e. The van der Waals surface area contributed by atoms with Gasteiger partial charge in [-0.2, -0.15) is 9.78 Å². The van der Waals surface area contributed by atoms with Crippen LogP contribution < -0.4 is 10.3 Å². The Morgan fingerprint density at radius 3 is 2.43 bits per heavy atom. The summed E-state index contributed by atoms with van der Waals surface area (Å²) in [6.07, 6.45) is 1.68. The van der Waals surface area contributed by atoms with Crippen molar-refractivity contribution in [2.75, 3.05) is 0 Å². The zero-order valence-electron chi connectivity index (χ0n) is 25.0. The fourth-order valence-electron chi connectivity index (χ4n) is 5.52. The highest BCUT2D eigenvalue weighted by Crippen LogP contribution is 2.28. The fourth-order valence-corrected chi connectivity index (χ4v) is 5.52. The Hall–Kier alpha value is -6.22. The summed E-state index contributed by atoms with van der Waals surface area (Å²) in [5.41, 5.74) is 5.81. The molecular weight excluding hydrogens is 580 g/mol. The first-order chi connectivity index (χ1) is 22.4. The lowest BCUT2D eigenvalue weighted by Gasteiger charge is -2.12. The number of aromatic carboxylic acids is 1. The number of carboxylic acids is 1. The normalized spacial score (nSPS) is 11.5. The van der Waals surface area contributed by atoms with E-state index in [1.807, 2.05) is 86.6 Å². The van der Waals surface area contributed by atoms with Gasteiger partial charge in [0.25, 0.3) is 5.56 Å². The van der Waals surface area contributed by atoms with Gasteiger partial charge in [-0.05, 0) is 86.1 Å². The molecule has 0 spiro atoms. The first kappa shape index (κ1) is 28.5. The van der Waals surface area contributed by atoms with Crippen molar-refractivity contribution in [1.29, 1.82) is 0 Å². The first-order valence-corrected chi connectivity index (χ1v) is 14.7. The zero-order chi connectivity index (χ0) is 31.8. The molecule has 9 nitrogen and oxygen atoms in total. The number of nitrogens with zero attached hydrogens (tertiary/aromatic N) is 4. The second-order valence-electron chi connectivity index (χ2n) is 10.9. The van der Waals surface area contributed by atoms with Crippen LogP contribution in [0.2, 0.25) is 0 Å². The molecular formula is C37H28N4O5. The average molecular weight is 609 g/mol. The summed E-state index contributed by atoms with van der Waals surface area (Å²) < 4.78 is 15.4. The summed E-state index contributed by atoms with van der Waals surface area (Å²) in [6, 6.07) is 33.1. The molecule has 226 valence electrons. The molecule has 1 N–H and O–H groups in total. The topological polar surface area (TPSA) is 112 Å². The van der Waals surface area contributed by atoms with Crippen LogP contribution in [-0.4, -0.2) is 31.5 Å². The number of carbonyl (C=O) groups is 1. The van der Waals surface area contributed by atoms with Crippen LogP contribution in [0.4, 0.5) is 0 Å². The van der Waals surface area contributed by atoms with Gasteiger partial charge >= 0.3 is 5.97 Å². The molecule has 0 saturated heterocycles. The number of furan rings is 1. The Morgan fingerprint density at radius 2 is 1.67 bits per heavy atom. The highest BCUT2D eigenvalue weighted by atomic mass is 16.5. The molecule has 7 aromatic rings. The predicted molar refractivity (Wildman–Crippen MR) is 177 cm³/mol. The summed E-state index contributed by atoms with van der Waals surface area (Å²) in [7, 11) is 0. The zero-order valence-corrected chi connectivity index (χ0v) is 25.0. The Kier molecular flexibility index (Phi) is 7.26. The number of rotatable bonds is 8. The van der Waals surface area contributed by atoms with Gasteiger partial charge in [0.05, 0.1) is 22.7 Å². The molecule has 0 aliphatic rings. The second kappa shape index (κ2) is 11.7. The molecule has 9 heteroatoms. The van der Waals surface area contributed by atoms with Gasteiger partial charge < -0.3 is 18.8 Å². The van der Waals surface area contributed by atoms with Crippen molar-refractivity contribution in [3.63, 3.8) is 0 Å². The fraction of sp³-hybridized carbons (Fsp3) is 0.0811. The van der Waals surface area contributed by atoms with Gasteiger partial charge in [0.15, 0.2) is 5.76 Å². The van der Waals surface area contributed by atoms with Crippen LogP contribution in [0.15, 0.2) is 124 Å². The van der Waals surface area contributed by atoms with Crippen LogP contribution in [0.5, 0.6) is 5.75 Å². The van der Waals surface area contributed by atoms with E-state index in [1.165, 1.54) is 4.68 Å². The summed E-state index contributed by atoms with van der Waals surface area (Å²) in [5.74, 6) is 0.501. The number of carboxylic acid groups (broad SMARTS) is 1. The van der Waals surface area contributed by atoms with Gasteiger partial charge in [-0.3, -0.25) is 4.79 Å². The van der Waals surface area contributed by atoms with E-state index in [9.17, 15) is 9.59 Å². The molecule has 0 saturated carbocycles. The second-order valence-corrected chi connectivity index (χ2v) is 10.9. The van der Waals surface area contributed by atoms with Crippen molar-refractivity contribution >= 4 is 34.1 Å². The molecule has 0 radical (unpaired) electrons. The van der Waals surface area contributed by atoms with Gasteiger partial charge in [-0.15, -0.1) is 0 Å². The lowest BCUT2D eigenvalue weighted by molar-refractivity contribution is 0.0697. The minimum atomic E-state index is -0.958. The van der Waals surface area contributed by atoms with Crippen molar-refractivity contribution in [3.05, 3.63) is 148 Å². The van der Waals surface area contributed by atoms with E-state index in [0.29, 0.717) is 40.4 Å². The van der Waals surface area contributed by atoms with E-state index in [1.54, 1.807) is 42.6 Å². The van der Waals surface area contributed by atoms with E-state index in [2.05, 4.69) is 9.67 Å². The number of hydrogen-bond donors (Lipinski definition) is 1. The van der Waals surface area contributed by atoms with Crippen LogP contribution in [0, 0.1) is 13.8 Å².